The van der Waals surface area contributed by atoms with Crippen LogP contribution in [0.3, 0.4) is 0 Å². The van der Waals surface area contributed by atoms with Gasteiger partial charge in [0.05, 0.1) is 44.3 Å². The number of ether oxygens (including phenoxy) is 3. The Hall–Kier alpha value is -4.94. The smallest absolute Gasteiger partial charge is 0.354 e. The van der Waals surface area contributed by atoms with E-state index in [2.05, 4.69) is 10.6 Å². The molecule has 5 rings (SSSR count). The van der Waals surface area contributed by atoms with Crippen LogP contribution in [0.15, 0.2) is 42.5 Å². The number of hydroxylamine groups is 1. The number of fused-ring (bicyclic) bond motifs is 2. The van der Waals surface area contributed by atoms with Crippen LogP contribution in [0.2, 0.25) is 0 Å². The van der Waals surface area contributed by atoms with Gasteiger partial charge in [-0.25, -0.2) is 4.79 Å². The van der Waals surface area contributed by atoms with Gasteiger partial charge in [0.1, 0.15) is 11.4 Å². The van der Waals surface area contributed by atoms with Gasteiger partial charge in [-0.2, -0.15) is 4.74 Å². The summed E-state index contributed by atoms with van der Waals surface area (Å²) in [5.74, 6) is 0.0482. The third kappa shape index (κ3) is 6.30. The van der Waals surface area contributed by atoms with Crippen molar-refractivity contribution in [2.24, 2.45) is 20.0 Å². The Balaban J connectivity index is 1.14. The Morgan fingerprint density at radius 3 is 2.51 bits per heavy atom. The molecule has 0 aromatic carbocycles. The molecule has 13 nitrogen and oxygen atoms in total. The number of amides is 2. The highest BCUT2D eigenvalue weighted by Gasteiger charge is 2.31. The van der Waals surface area contributed by atoms with Crippen molar-refractivity contribution in [3.63, 3.8) is 0 Å². The number of carbonyl (C=O) groups excluding carboxylic acids is 3. The van der Waals surface area contributed by atoms with Crippen LogP contribution in [0.4, 0.5) is 11.4 Å². The van der Waals surface area contributed by atoms with Crippen molar-refractivity contribution in [3.8, 4) is 11.5 Å². The zero-order valence-electron chi connectivity index (χ0n) is 24.7. The van der Waals surface area contributed by atoms with Gasteiger partial charge in [-0.3, -0.25) is 9.59 Å². The highest BCUT2D eigenvalue weighted by molar-refractivity contribution is 6.05. The average Bonchev–Trinajstić information content (AvgIpc) is 3.61. The van der Waals surface area contributed by atoms with E-state index in [4.69, 9.17) is 14.2 Å². The molecule has 3 aromatic heterocycles. The number of anilines is 2. The summed E-state index contributed by atoms with van der Waals surface area (Å²) in [7, 11) is 6.21. The Bertz CT molecular complexity index is 1610. The fraction of sp³-hybridized carbons (Fsp3) is 0.400. The number of hydrogen-bond donors (Lipinski definition) is 2. The molecule has 1 aliphatic carbocycles. The first kappa shape index (κ1) is 29.5. The minimum Gasteiger partial charge on any atom is -0.618 e. The second-order valence-corrected chi connectivity index (χ2v) is 10.7. The lowest BCUT2D eigenvalue weighted by Gasteiger charge is -2.20. The van der Waals surface area contributed by atoms with Gasteiger partial charge < -0.3 is 43.8 Å². The van der Waals surface area contributed by atoms with Crippen LogP contribution < -0.4 is 20.1 Å². The molecule has 1 aliphatic heterocycles. The van der Waals surface area contributed by atoms with Gasteiger partial charge in [0, 0.05) is 39.5 Å². The minimum absolute atomic E-state index is 0.153. The Labute approximate surface area is 248 Å². The molecule has 0 saturated carbocycles. The maximum atomic E-state index is 12.8. The summed E-state index contributed by atoms with van der Waals surface area (Å²) < 4.78 is 22.4. The first-order chi connectivity index (χ1) is 20.7. The lowest BCUT2D eigenvalue weighted by molar-refractivity contribution is -0.406. The molecule has 0 radical (unpaired) electrons. The molecule has 1 unspecified atom stereocenters. The maximum absolute atomic E-state index is 12.8. The Morgan fingerprint density at radius 1 is 1.05 bits per heavy atom. The standard InChI is InChI=1S/C30H36N6O7/c1-33-15-20(12-23(33)29(38)32-21-13-24(30(39)42-4)34(2)16-21)31-27(37)10-7-11-43-26-18-35-14-19-8-5-6-9-22(19)36(40)17-25(35)28(26)41-3/h9,12-13,15-19H,5-8,10-11,14H2,1-4H3,(H,31,37)(H,32,38). The number of allylic oxidation sites excluding steroid dienone is 2. The molecular formula is C30H36N6O7. The van der Waals surface area contributed by atoms with Crippen LogP contribution in [0, 0.1) is 11.1 Å². The summed E-state index contributed by atoms with van der Waals surface area (Å²) >= 11 is 0. The maximum Gasteiger partial charge on any atom is 0.354 e. The number of rotatable bonds is 10. The lowest BCUT2D eigenvalue weighted by Crippen LogP contribution is -2.18. The van der Waals surface area contributed by atoms with Crippen molar-refractivity contribution in [1.29, 1.82) is 0 Å². The number of aryl methyl sites for hydroxylation is 2. The van der Waals surface area contributed by atoms with Crippen molar-refractivity contribution < 1.29 is 33.3 Å². The molecule has 4 heterocycles. The summed E-state index contributed by atoms with van der Waals surface area (Å²) in [5, 5.41) is 18.3. The molecule has 228 valence electrons. The quantitative estimate of drug-likeness (QED) is 0.158. The zero-order chi connectivity index (χ0) is 30.7. The summed E-state index contributed by atoms with van der Waals surface area (Å²) in [4.78, 5) is 37.3. The molecule has 0 bridgehead atoms. The highest BCUT2D eigenvalue weighted by Crippen LogP contribution is 2.37. The molecule has 0 fully saturated rings. The summed E-state index contributed by atoms with van der Waals surface area (Å²) in [6.45, 7) is 0.950. The van der Waals surface area contributed by atoms with Crippen LogP contribution >= 0.6 is 0 Å². The average molecular weight is 593 g/mol. The van der Waals surface area contributed by atoms with Crippen LogP contribution in [0.25, 0.3) is 0 Å². The van der Waals surface area contributed by atoms with Gasteiger partial charge >= 0.3 is 5.97 Å². The van der Waals surface area contributed by atoms with Crippen LogP contribution in [-0.2, 0) is 30.2 Å². The van der Waals surface area contributed by atoms with Crippen LogP contribution in [-0.4, -0.2) is 63.3 Å². The second-order valence-electron chi connectivity index (χ2n) is 10.7. The van der Waals surface area contributed by atoms with Crippen molar-refractivity contribution in [2.45, 2.75) is 38.6 Å². The van der Waals surface area contributed by atoms with E-state index in [1.165, 1.54) is 13.2 Å². The molecule has 2 amide bonds. The minimum atomic E-state index is -0.510. The largest absolute Gasteiger partial charge is 0.618 e. The lowest BCUT2D eigenvalue weighted by atomic mass is 9.92. The predicted octanol–water partition coefficient (Wildman–Crippen LogP) is 3.64. The monoisotopic (exact) mass is 592 g/mol. The fourth-order valence-electron chi connectivity index (χ4n) is 5.56. The SMILES string of the molecule is COC(=O)c1cc(NC(=O)c2cc(NC(=O)CCCOc3cn4c(c3OC)C=[N+]([O-])C3=CCCCC3C4)cn2C)cn1C. The van der Waals surface area contributed by atoms with E-state index in [1.54, 1.807) is 55.0 Å². The molecule has 2 aliphatic rings. The molecule has 0 spiro atoms. The number of aromatic nitrogens is 3. The highest BCUT2D eigenvalue weighted by atomic mass is 16.5. The zero-order valence-corrected chi connectivity index (χ0v) is 24.7. The molecular weight excluding hydrogens is 556 g/mol. The van der Waals surface area contributed by atoms with Gasteiger partial charge in [0.15, 0.2) is 22.9 Å². The predicted molar refractivity (Wildman–Crippen MR) is 159 cm³/mol. The van der Waals surface area contributed by atoms with E-state index >= 15 is 0 Å². The van der Waals surface area contributed by atoms with Gasteiger partial charge in [0.25, 0.3) is 5.91 Å². The molecule has 0 saturated heterocycles. The van der Waals surface area contributed by atoms with Gasteiger partial charge in [-0.05, 0) is 43.9 Å². The van der Waals surface area contributed by atoms with Crippen molar-refractivity contribution in [1.82, 2.24) is 13.7 Å². The molecule has 43 heavy (non-hydrogen) atoms. The van der Waals surface area contributed by atoms with Gasteiger partial charge in [-0.15, -0.1) is 0 Å². The topological polar surface area (TPSA) is 144 Å². The molecule has 3 aromatic rings. The second kappa shape index (κ2) is 12.5. The van der Waals surface area contributed by atoms with E-state index in [0.29, 0.717) is 52.9 Å². The van der Waals surface area contributed by atoms with E-state index in [1.807, 2.05) is 16.8 Å². The van der Waals surface area contributed by atoms with Crippen LogP contribution in [0.1, 0.15) is 58.8 Å². The Morgan fingerprint density at radius 2 is 1.77 bits per heavy atom. The number of nitrogens with zero attached hydrogens (tertiary/aromatic N) is 4. The number of carbonyl (C=O) groups is 3. The van der Waals surface area contributed by atoms with Gasteiger partial charge in [-0.1, -0.05) is 0 Å². The van der Waals surface area contributed by atoms with E-state index < -0.39 is 11.9 Å². The van der Waals surface area contributed by atoms with Crippen LogP contribution in [0.5, 0.6) is 11.5 Å². The molecule has 1 atom stereocenters. The number of nitrogens with one attached hydrogen (secondary N) is 2. The van der Waals surface area contributed by atoms with E-state index in [0.717, 1.165) is 29.7 Å². The number of esters is 1. The van der Waals surface area contributed by atoms with E-state index in [9.17, 15) is 19.6 Å². The third-order valence-electron chi connectivity index (χ3n) is 7.67. The summed E-state index contributed by atoms with van der Waals surface area (Å²) in [6, 6.07) is 3.11. The van der Waals surface area contributed by atoms with Crippen molar-refractivity contribution >= 4 is 35.4 Å². The van der Waals surface area contributed by atoms with E-state index in [-0.39, 0.29) is 24.9 Å². The van der Waals surface area contributed by atoms with Gasteiger partial charge in [0.2, 0.25) is 12.1 Å². The first-order valence-corrected chi connectivity index (χ1v) is 14.1. The number of methoxy groups -OCH3 is 2. The molecule has 2 N–H and O–H groups in total. The summed E-state index contributed by atoms with van der Waals surface area (Å²) in [6.07, 6.45) is 12.3. The normalized spacial score (nSPS) is 15.8. The third-order valence-corrected chi connectivity index (χ3v) is 7.67. The van der Waals surface area contributed by atoms with Crippen molar-refractivity contribution in [3.05, 3.63) is 64.8 Å². The first-order valence-electron chi connectivity index (χ1n) is 14.1. The Kier molecular flexibility index (Phi) is 8.60. The fourth-order valence-corrected chi connectivity index (χ4v) is 5.56. The summed E-state index contributed by atoms with van der Waals surface area (Å²) in [5.41, 5.74) is 3.02. The number of hydrogen-bond acceptors (Lipinski definition) is 7. The molecule has 13 heteroatoms. The van der Waals surface area contributed by atoms with Crippen molar-refractivity contribution in [2.75, 3.05) is 31.5 Å².